The Balaban J connectivity index is 2.42. The molecule has 0 unspecified atom stereocenters. The molecule has 20 heavy (non-hydrogen) atoms. The summed E-state index contributed by atoms with van der Waals surface area (Å²) in [5.41, 5.74) is 0.922. The standard InChI is InChI=1S/C13H13N3O4/c1-9-10(4-3-5-11(9)16(18)19)8-15-13(17)7-6-12(14-15)20-2/h3-7H,8H2,1-2H3. The lowest BCUT2D eigenvalue weighted by Gasteiger charge is -2.08. The highest BCUT2D eigenvalue weighted by Gasteiger charge is 2.14. The van der Waals surface area contributed by atoms with Crippen molar-refractivity contribution in [3.8, 4) is 5.88 Å². The van der Waals surface area contributed by atoms with Crippen LogP contribution in [0.5, 0.6) is 5.88 Å². The summed E-state index contributed by atoms with van der Waals surface area (Å²) in [5, 5.41) is 14.9. The van der Waals surface area contributed by atoms with Crippen molar-refractivity contribution < 1.29 is 9.66 Å². The van der Waals surface area contributed by atoms with Crippen LogP contribution in [0.4, 0.5) is 5.69 Å². The second-order valence-electron chi connectivity index (χ2n) is 4.19. The van der Waals surface area contributed by atoms with Crippen molar-refractivity contribution in [1.29, 1.82) is 0 Å². The van der Waals surface area contributed by atoms with Gasteiger partial charge in [0.25, 0.3) is 11.2 Å². The molecule has 7 nitrogen and oxygen atoms in total. The molecule has 0 spiro atoms. The molecular weight excluding hydrogens is 262 g/mol. The fourth-order valence-corrected chi connectivity index (χ4v) is 1.85. The van der Waals surface area contributed by atoms with Gasteiger partial charge < -0.3 is 4.74 Å². The number of benzene rings is 1. The summed E-state index contributed by atoms with van der Waals surface area (Å²) in [6.07, 6.45) is 0. The molecule has 0 saturated carbocycles. The molecule has 0 aliphatic heterocycles. The van der Waals surface area contributed by atoms with Crippen LogP contribution in [-0.2, 0) is 6.54 Å². The van der Waals surface area contributed by atoms with E-state index in [-0.39, 0.29) is 17.8 Å². The van der Waals surface area contributed by atoms with Crippen molar-refractivity contribution in [2.45, 2.75) is 13.5 Å². The number of hydrogen-bond donors (Lipinski definition) is 0. The van der Waals surface area contributed by atoms with E-state index < -0.39 is 4.92 Å². The average molecular weight is 275 g/mol. The predicted molar refractivity (Wildman–Crippen MR) is 72.0 cm³/mol. The zero-order chi connectivity index (χ0) is 14.7. The van der Waals surface area contributed by atoms with Crippen molar-refractivity contribution in [2.24, 2.45) is 0 Å². The number of nitrogens with zero attached hydrogens (tertiary/aromatic N) is 3. The molecule has 2 rings (SSSR count). The molecule has 0 bridgehead atoms. The van der Waals surface area contributed by atoms with Crippen LogP contribution in [0.1, 0.15) is 11.1 Å². The second kappa shape index (κ2) is 5.52. The predicted octanol–water partition coefficient (Wildman–Crippen LogP) is 1.52. The number of nitro groups is 1. The molecule has 0 saturated heterocycles. The van der Waals surface area contributed by atoms with Gasteiger partial charge in [-0.15, -0.1) is 5.10 Å². The van der Waals surface area contributed by atoms with E-state index in [1.54, 1.807) is 19.1 Å². The van der Waals surface area contributed by atoms with Crippen molar-refractivity contribution in [3.63, 3.8) is 0 Å². The van der Waals surface area contributed by atoms with Gasteiger partial charge in [0.2, 0.25) is 5.88 Å². The number of ether oxygens (including phenoxy) is 1. The third kappa shape index (κ3) is 2.66. The molecule has 1 aromatic carbocycles. The Kier molecular flexibility index (Phi) is 3.79. The monoisotopic (exact) mass is 275 g/mol. The van der Waals surface area contributed by atoms with Gasteiger partial charge in [-0.3, -0.25) is 14.9 Å². The Morgan fingerprint density at radius 2 is 2.10 bits per heavy atom. The molecule has 2 aromatic rings. The second-order valence-corrected chi connectivity index (χ2v) is 4.19. The maximum Gasteiger partial charge on any atom is 0.272 e. The van der Waals surface area contributed by atoms with Gasteiger partial charge >= 0.3 is 0 Å². The fourth-order valence-electron chi connectivity index (χ4n) is 1.85. The average Bonchev–Trinajstić information content (AvgIpc) is 2.43. The number of rotatable bonds is 4. The molecule has 0 amide bonds. The van der Waals surface area contributed by atoms with Crippen LogP contribution < -0.4 is 10.3 Å². The topological polar surface area (TPSA) is 87.3 Å². The van der Waals surface area contributed by atoms with Gasteiger partial charge in [0.1, 0.15) is 0 Å². The highest BCUT2D eigenvalue weighted by molar-refractivity contribution is 5.44. The lowest BCUT2D eigenvalue weighted by molar-refractivity contribution is -0.385. The Bertz CT molecular complexity index is 709. The van der Waals surface area contributed by atoms with Crippen LogP contribution in [0.15, 0.2) is 35.1 Å². The normalized spacial score (nSPS) is 10.3. The molecule has 1 aromatic heterocycles. The van der Waals surface area contributed by atoms with Crippen molar-refractivity contribution in [1.82, 2.24) is 9.78 Å². The highest BCUT2D eigenvalue weighted by atomic mass is 16.6. The number of aromatic nitrogens is 2. The Morgan fingerprint density at radius 1 is 1.35 bits per heavy atom. The SMILES string of the molecule is COc1ccc(=O)n(Cc2cccc([N+](=O)[O-])c2C)n1. The number of methoxy groups -OCH3 is 1. The molecule has 104 valence electrons. The Hall–Kier alpha value is -2.70. The summed E-state index contributed by atoms with van der Waals surface area (Å²) >= 11 is 0. The van der Waals surface area contributed by atoms with Crippen molar-refractivity contribution >= 4 is 5.69 Å². The lowest BCUT2D eigenvalue weighted by atomic mass is 10.1. The highest BCUT2D eigenvalue weighted by Crippen LogP contribution is 2.21. The maximum absolute atomic E-state index is 11.7. The molecule has 7 heteroatoms. The minimum absolute atomic E-state index is 0.0263. The van der Waals surface area contributed by atoms with Gasteiger partial charge in [-0.05, 0) is 12.5 Å². The molecular formula is C13H13N3O4. The van der Waals surface area contributed by atoms with Gasteiger partial charge in [0.15, 0.2) is 0 Å². The van der Waals surface area contributed by atoms with Gasteiger partial charge in [0, 0.05) is 23.8 Å². The zero-order valence-corrected chi connectivity index (χ0v) is 11.1. The van der Waals surface area contributed by atoms with Crippen LogP contribution in [0.2, 0.25) is 0 Å². The molecule has 0 fully saturated rings. The molecule has 0 radical (unpaired) electrons. The summed E-state index contributed by atoms with van der Waals surface area (Å²) in [7, 11) is 1.45. The molecule has 0 aliphatic carbocycles. The van der Waals surface area contributed by atoms with Crippen LogP contribution in [0, 0.1) is 17.0 Å². The molecule has 0 aliphatic rings. The van der Waals surface area contributed by atoms with E-state index in [4.69, 9.17) is 4.74 Å². The van der Waals surface area contributed by atoms with Crippen LogP contribution >= 0.6 is 0 Å². The van der Waals surface area contributed by atoms with Crippen molar-refractivity contribution in [3.05, 3.63) is 61.9 Å². The first-order valence-electron chi connectivity index (χ1n) is 5.88. The molecule has 0 atom stereocenters. The summed E-state index contributed by atoms with van der Waals surface area (Å²) in [4.78, 5) is 22.2. The molecule has 1 heterocycles. The minimum Gasteiger partial charge on any atom is -0.480 e. The van der Waals surface area contributed by atoms with Gasteiger partial charge in [-0.2, -0.15) is 0 Å². The van der Waals surface area contributed by atoms with Gasteiger partial charge in [0.05, 0.1) is 18.6 Å². The van der Waals surface area contributed by atoms with E-state index in [1.165, 1.54) is 30.0 Å². The van der Waals surface area contributed by atoms with Gasteiger partial charge in [-0.25, -0.2) is 4.68 Å². The van der Waals surface area contributed by atoms with E-state index >= 15 is 0 Å². The van der Waals surface area contributed by atoms with E-state index in [9.17, 15) is 14.9 Å². The van der Waals surface area contributed by atoms with E-state index in [1.807, 2.05) is 0 Å². The van der Waals surface area contributed by atoms with Gasteiger partial charge in [-0.1, -0.05) is 12.1 Å². The first-order valence-corrected chi connectivity index (χ1v) is 5.88. The van der Waals surface area contributed by atoms with Crippen LogP contribution in [0.3, 0.4) is 0 Å². The summed E-state index contributed by atoms with van der Waals surface area (Å²) < 4.78 is 6.17. The lowest BCUT2D eigenvalue weighted by Crippen LogP contribution is -2.23. The quantitative estimate of drug-likeness (QED) is 0.623. The summed E-state index contributed by atoms with van der Waals surface area (Å²) in [5.74, 6) is 0.313. The summed E-state index contributed by atoms with van der Waals surface area (Å²) in [6.45, 7) is 1.81. The van der Waals surface area contributed by atoms with Crippen molar-refractivity contribution in [2.75, 3.05) is 7.11 Å². The van der Waals surface area contributed by atoms with Crippen LogP contribution in [0.25, 0.3) is 0 Å². The maximum atomic E-state index is 11.7. The largest absolute Gasteiger partial charge is 0.480 e. The number of nitro benzene ring substituents is 1. The third-order valence-corrected chi connectivity index (χ3v) is 2.99. The first kappa shape index (κ1) is 13.7. The van der Waals surface area contributed by atoms with E-state index in [0.29, 0.717) is 17.0 Å². The van der Waals surface area contributed by atoms with Crippen LogP contribution in [-0.4, -0.2) is 21.8 Å². The Morgan fingerprint density at radius 3 is 2.75 bits per heavy atom. The molecule has 0 N–H and O–H groups in total. The summed E-state index contributed by atoms with van der Waals surface area (Å²) in [6, 6.07) is 7.57. The smallest absolute Gasteiger partial charge is 0.272 e. The number of hydrogen-bond acceptors (Lipinski definition) is 5. The Labute approximate surface area is 114 Å². The zero-order valence-electron chi connectivity index (χ0n) is 11.1. The first-order chi connectivity index (χ1) is 9.52. The third-order valence-electron chi connectivity index (χ3n) is 2.99. The minimum atomic E-state index is -0.444. The fraction of sp³-hybridized carbons (Fsp3) is 0.231. The van der Waals surface area contributed by atoms with E-state index in [2.05, 4.69) is 5.10 Å². The van der Waals surface area contributed by atoms with E-state index in [0.717, 1.165) is 0 Å².